The first-order valence-corrected chi connectivity index (χ1v) is 7.21. The van der Waals surface area contributed by atoms with Crippen molar-refractivity contribution in [3.8, 4) is 0 Å². The van der Waals surface area contributed by atoms with Gasteiger partial charge in [0.25, 0.3) is 5.91 Å². The summed E-state index contributed by atoms with van der Waals surface area (Å²) >= 11 is 6.03. The molecular weight excluding hydrogens is 262 g/mol. The fourth-order valence-electron chi connectivity index (χ4n) is 2.44. The van der Waals surface area contributed by atoms with E-state index >= 15 is 0 Å². The zero-order valence-corrected chi connectivity index (χ0v) is 11.9. The molecule has 0 saturated heterocycles. The Bertz CT molecular complexity index is 461. The second kappa shape index (κ2) is 6.40. The number of hydrogen-bond donors (Lipinski definition) is 2. The number of amides is 1. The molecule has 0 aliphatic heterocycles. The van der Waals surface area contributed by atoms with Crippen molar-refractivity contribution in [1.82, 2.24) is 5.32 Å². The fourth-order valence-corrected chi connectivity index (χ4v) is 2.62. The molecule has 0 radical (unpaired) electrons. The summed E-state index contributed by atoms with van der Waals surface area (Å²) in [6.45, 7) is 1.90. The Morgan fingerprint density at radius 1 is 1.32 bits per heavy atom. The van der Waals surface area contributed by atoms with Gasteiger partial charge in [-0.15, -0.1) is 0 Å². The molecule has 3 nitrogen and oxygen atoms in total. The van der Waals surface area contributed by atoms with Crippen LogP contribution < -0.4 is 5.32 Å². The van der Waals surface area contributed by atoms with Crippen molar-refractivity contribution >= 4 is 17.5 Å². The SMILES string of the molecule is Cc1ccc(C(=O)NC2CCCCCC2O)cc1Cl. The van der Waals surface area contributed by atoms with Crippen molar-refractivity contribution < 1.29 is 9.90 Å². The number of rotatable bonds is 2. The predicted molar refractivity (Wildman–Crippen MR) is 76.5 cm³/mol. The van der Waals surface area contributed by atoms with Crippen LogP contribution in [0.1, 0.15) is 48.0 Å². The van der Waals surface area contributed by atoms with Crippen LogP contribution in [-0.2, 0) is 0 Å². The molecule has 2 unspecified atom stereocenters. The van der Waals surface area contributed by atoms with Gasteiger partial charge >= 0.3 is 0 Å². The highest BCUT2D eigenvalue weighted by Crippen LogP contribution is 2.20. The Kier molecular flexibility index (Phi) is 4.83. The Balaban J connectivity index is 2.05. The molecule has 1 amide bonds. The minimum Gasteiger partial charge on any atom is -0.391 e. The summed E-state index contributed by atoms with van der Waals surface area (Å²) < 4.78 is 0. The summed E-state index contributed by atoms with van der Waals surface area (Å²) in [4.78, 5) is 12.2. The van der Waals surface area contributed by atoms with Crippen LogP contribution in [0.3, 0.4) is 0 Å². The van der Waals surface area contributed by atoms with E-state index in [1.807, 2.05) is 13.0 Å². The third-order valence-corrected chi connectivity index (χ3v) is 4.14. The van der Waals surface area contributed by atoms with Crippen LogP contribution in [0.5, 0.6) is 0 Å². The Labute approximate surface area is 119 Å². The number of aliphatic hydroxyl groups is 1. The first-order chi connectivity index (χ1) is 9.08. The molecule has 0 aromatic heterocycles. The van der Waals surface area contributed by atoms with Gasteiger partial charge < -0.3 is 10.4 Å². The van der Waals surface area contributed by atoms with Crippen molar-refractivity contribution in [2.75, 3.05) is 0 Å². The summed E-state index contributed by atoms with van der Waals surface area (Å²) in [5.41, 5.74) is 1.50. The van der Waals surface area contributed by atoms with Crippen LogP contribution in [0.15, 0.2) is 18.2 Å². The average molecular weight is 282 g/mol. The number of halogens is 1. The number of hydrogen-bond acceptors (Lipinski definition) is 2. The van der Waals surface area contributed by atoms with E-state index in [9.17, 15) is 9.90 Å². The van der Waals surface area contributed by atoms with Gasteiger partial charge in [-0.3, -0.25) is 4.79 Å². The van der Waals surface area contributed by atoms with E-state index in [4.69, 9.17) is 11.6 Å². The summed E-state index contributed by atoms with van der Waals surface area (Å²) in [6, 6.07) is 5.13. The van der Waals surface area contributed by atoms with Crippen LogP contribution in [0.2, 0.25) is 5.02 Å². The maximum absolute atomic E-state index is 12.2. The van der Waals surface area contributed by atoms with Gasteiger partial charge in [-0.1, -0.05) is 36.9 Å². The quantitative estimate of drug-likeness (QED) is 0.819. The first kappa shape index (κ1) is 14.4. The Hall–Kier alpha value is -1.06. The first-order valence-electron chi connectivity index (χ1n) is 6.83. The highest BCUT2D eigenvalue weighted by molar-refractivity contribution is 6.31. The number of carbonyl (C=O) groups excluding carboxylic acids is 1. The summed E-state index contributed by atoms with van der Waals surface area (Å²) in [5.74, 6) is -0.159. The second-order valence-corrected chi connectivity index (χ2v) is 5.66. The number of aryl methyl sites for hydroxylation is 1. The van der Waals surface area contributed by atoms with Crippen LogP contribution in [0.25, 0.3) is 0 Å². The minimum absolute atomic E-state index is 0.143. The standard InChI is InChI=1S/C15H20ClNO2/c1-10-7-8-11(9-12(10)16)15(19)17-13-5-3-2-4-6-14(13)18/h7-9,13-14,18H,2-6H2,1H3,(H,17,19). The lowest BCUT2D eigenvalue weighted by atomic mass is 10.1. The lowest BCUT2D eigenvalue weighted by molar-refractivity contribution is 0.0819. The van der Waals surface area contributed by atoms with E-state index in [0.29, 0.717) is 10.6 Å². The third-order valence-electron chi connectivity index (χ3n) is 3.73. The van der Waals surface area contributed by atoms with Crippen molar-refractivity contribution in [3.63, 3.8) is 0 Å². The molecule has 0 heterocycles. The maximum atomic E-state index is 12.2. The van der Waals surface area contributed by atoms with E-state index < -0.39 is 6.10 Å². The van der Waals surface area contributed by atoms with Gasteiger partial charge in [0.15, 0.2) is 0 Å². The van der Waals surface area contributed by atoms with Crippen molar-refractivity contribution in [3.05, 3.63) is 34.3 Å². The van der Waals surface area contributed by atoms with E-state index in [-0.39, 0.29) is 11.9 Å². The normalized spacial score (nSPS) is 23.7. The largest absolute Gasteiger partial charge is 0.391 e. The smallest absolute Gasteiger partial charge is 0.251 e. The molecule has 1 saturated carbocycles. The van der Waals surface area contributed by atoms with Crippen LogP contribution in [0, 0.1) is 6.92 Å². The zero-order valence-electron chi connectivity index (χ0n) is 11.2. The molecule has 104 valence electrons. The van der Waals surface area contributed by atoms with Crippen LogP contribution >= 0.6 is 11.6 Å². The molecule has 1 aliphatic carbocycles. The van der Waals surface area contributed by atoms with Crippen molar-refractivity contribution in [1.29, 1.82) is 0 Å². The summed E-state index contributed by atoms with van der Waals surface area (Å²) in [6.07, 6.45) is 4.37. The van der Waals surface area contributed by atoms with Crippen molar-refractivity contribution in [2.45, 2.75) is 51.2 Å². The lowest BCUT2D eigenvalue weighted by Crippen LogP contribution is -2.42. The van der Waals surface area contributed by atoms with Gasteiger partial charge in [-0.05, 0) is 37.5 Å². The van der Waals surface area contributed by atoms with Gasteiger partial charge in [0.1, 0.15) is 0 Å². The topological polar surface area (TPSA) is 49.3 Å². The van der Waals surface area contributed by atoms with Crippen LogP contribution in [-0.4, -0.2) is 23.2 Å². The van der Waals surface area contributed by atoms with Gasteiger partial charge in [-0.25, -0.2) is 0 Å². The molecule has 2 rings (SSSR count). The molecule has 1 aromatic rings. The Morgan fingerprint density at radius 3 is 2.79 bits per heavy atom. The van der Waals surface area contributed by atoms with E-state index in [1.165, 1.54) is 0 Å². The molecular formula is C15H20ClNO2. The van der Waals surface area contributed by atoms with E-state index in [2.05, 4.69) is 5.32 Å². The van der Waals surface area contributed by atoms with Gasteiger partial charge in [0.05, 0.1) is 12.1 Å². The number of aliphatic hydroxyl groups excluding tert-OH is 1. The highest BCUT2D eigenvalue weighted by atomic mass is 35.5. The molecule has 1 aromatic carbocycles. The van der Waals surface area contributed by atoms with E-state index in [1.54, 1.807) is 12.1 Å². The third kappa shape index (κ3) is 3.71. The van der Waals surface area contributed by atoms with Gasteiger partial charge in [-0.2, -0.15) is 0 Å². The van der Waals surface area contributed by atoms with Gasteiger partial charge in [0.2, 0.25) is 0 Å². The molecule has 0 bridgehead atoms. The van der Waals surface area contributed by atoms with Gasteiger partial charge in [0, 0.05) is 10.6 Å². The summed E-state index contributed by atoms with van der Waals surface area (Å²) in [7, 11) is 0. The fraction of sp³-hybridized carbons (Fsp3) is 0.533. The molecule has 2 N–H and O–H groups in total. The number of nitrogens with one attached hydrogen (secondary N) is 1. The van der Waals surface area contributed by atoms with E-state index in [0.717, 1.165) is 37.7 Å². The summed E-state index contributed by atoms with van der Waals surface area (Å²) in [5, 5.41) is 13.5. The van der Waals surface area contributed by atoms with Crippen LogP contribution in [0.4, 0.5) is 0 Å². The highest BCUT2D eigenvalue weighted by Gasteiger charge is 2.23. The number of benzene rings is 1. The molecule has 4 heteroatoms. The molecule has 1 aliphatic rings. The monoisotopic (exact) mass is 281 g/mol. The zero-order chi connectivity index (χ0) is 13.8. The molecule has 0 spiro atoms. The average Bonchev–Trinajstić information content (AvgIpc) is 2.58. The predicted octanol–water partition coefficient (Wildman–Crippen LogP) is 3.07. The maximum Gasteiger partial charge on any atom is 0.251 e. The lowest BCUT2D eigenvalue weighted by Gasteiger charge is -2.21. The molecule has 19 heavy (non-hydrogen) atoms. The molecule has 2 atom stereocenters. The number of carbonyl (C=O) groups is 1. The molecule has 1 fully saturated rings. The Morgan fingerprint density at radius 2 is 2.05 bits per heavy atom. The second-order valence-electron chi connectivity index (χ2n) is 5.25. The minimum atomic E-state index is -0.438. The van der Waals surface area contributed by atoms with Crippen molar-refractivity contribution in [2.24, 2.45) is 0 Å².